The fourth-order valence-electron chi connectivity index (χ4n) is 4.62. The number of aliphatic carboxylic acids is 1. The minimum atomic E-state index is -1.02. The van der Waals surface area contributed by atoms with Gasteiger partial charge in [0.2, 0.25) is 5.91 Å². The Bertz CT molecular complexity index is 1020. The zero-order valence-corrected chi connectivity index (χ0v) is 19.0. The fourth-order valence-corrected chi connectivity index (χ4v) is 4.62. The molecule has 0 bridgehead atoms. The summed E-state index contributed by atoms with van der Waals surface area (Å²) in [6, 6.07) is 15.1. The second kappa shape index (κ2) is 9.25. The average molecular weight is 451 g/mol. The molecule has 2 amide bonds. The van der Waals surface area contributed by atoms with E-state index in [0.29, 0.717) is 12.5 Å². The molecule has 33 heavy (non-hydrogen) atoms. The summed E-state index contributed by atoms with van der Waals surface area (Å²) < 4.78 is 5.52. The largest absolute Gasteiger partial charge is 0.481 e. The SMILES string of the molecule is CC1CC1(C)CNC(=O)C(CCC(=O)O)NC(=O)OCC1c2ccccc2-c2ccccc21. The molecule has 2 aromatic rings. The van der Waals surface area contributed by atoms with Gasteiger partial charge < -0.3 is 20.5 Å². The summed E-state index contributed by atoms with van der Waals surface area (Å²) in [7, 11) is 0. The van der Waals surface area contributed by atoms with Gasteiger partial charge >= 0.3 is 12.1 Å². The lowest BCUT2D eigenvalue weighted by molar-refractivity contribution is -0.137. The summed E-state index contributed by atoms with van der Waals surface area (Å²) in [4.78, 5) is 36.3. The predicted molar refractivity (Wildman–Crippen MR) is 124 cm³/mol. The van der Waals surface area contributed by atoms with Gasteiger partial charge in [0.25, 0.3) is 0 Å². The van der Waals surface area contributed by atoms with E-state index in [2.05, 4.69) is 36.6 Å². The van der Waals surface area contributed by atoms with Gasteiger partial charge in [-0.3, -0.25) is 9.59 Å². The van der Waals surface area contributed by atoms with Crippen LogP contribution in [0.4, 0.5) is 4.79 Å². The van der Waals surface area contributed by atoms with Crippen LogP contribution in [0.15, 0.2) is 48.5 Å². The first-order chi connectivity index (χ1) is 15.8. The van der Waals surface area contributed by atoms with Crippen molar-refractivity contribution in [3.05, 3.63) is 59.7 Å². The Labute approximate surface area is 193 Å². The lowest BCUT2D eigenvalue weighted by Crippen LogP contribution is -2.48. The highest BCUT2D eigenvalue weighted by Gasteiger charge is 2.46. The highest BCUT2D eigenvalue weighted by Crippen LogP contribution is 2.51. The van der Waals surface area contributed by atoms with Gasteiger partial charge in [0.05, 0.1) is 0 Å². The predicted octanol–water partition coefficient (Wildman–Crippen LogP) is 3.92. The number of carbonyl (C=O) groups is 3. The second-order valence-corrected chi connectivity index (χ2v) is 9.43. The standard InChI is InChI=1S/C26H30N2O5/c1-16-13-26(16,2)15-27-24(31)22(11-12-23(29)30)28-25(32)33-14-21-19-9-5-3-7-17(19)18-8-4-6-10-20(18)21/h3-10,16,21-22H,11-15H2,1-2H3,(H,27,31)(H,28,32)(H,29,30). The number of carboxylic acid groups (broad SMARTS) is 1. The third-order valence-corrected chi connectivity index (χ3v) is 7.07. The van der Waals surface area contributed by atoms with Gasteiger partial charge in [-0.2, -0.15) is 0 Å². The van der Waals surface area contributed by atoms with Crippen LogP contribution in [0.1, 0.15) is 50.2 Å². The molecule has 0 aliphatic heterocycles. The molecule has 0 saturated heterocycles. The molecule has 3 atom stereocenters. The van der Waals surface area contributed by atoms with E-state index in [-0.39, 0.29) is 36.7 Å². The Morgan fingerprint density at radius 3 is 2.21 bits per heavy atom. The summed E-state index contributed by atoms with van der Waals surface area (Å²) in [5.41, 5.74) is 4.51. The molecule has 2 aliphatic carbocycles. The maximum atomic E-state index is 12.7. The van der Waals surface area contributed by atoms with Crippen LogP contribution >= 0.6 is 0 Å². The molecule has 0 aromatic heterocycles. The monoisotopic (exact) mass is 450 g/mol. The molecule has 2 aliphatic rings. The van der Waals surface area contributed by atoms with Gasteiger partial charge in [-0.25, -0.2) is 4.79 Å². The number of rotatable bonds is 9. The minimum absolute atomic E-state index is 0.00235. The molecule has 4 rings (SSSR count). The maximum Gasteiger partial charge on any atom is 0.407 e. The van der Waals surface area contributed by atoms with E-state index in [9.17, 15) is 14.4 Å². The number of amides is 2. The number of nitrogens with one attached hydrogen (secondary N) is 2. The van der Waals surface area contributed by atoms with Gasteiger partial charge in [-0.05, 0) is 46.4 Å². The summed E-state index contributed by atoms with van der Waals surface area (Å²) in [5, 5.41) is 14.5. The summed E-state index contributed by atoms with van der Waals surface area (Å²) in [6.45, 7) is 4.86. The molecule has 3 N–H and O–H groups in total. The van der Waals surface area contributed by atoms with Crippen molar-refractivity contribution in [3.63, 3.8) is 0 Å². The molecule has 1 saturated carbocycles. The number of fused-ring (bicyclic) bond motifs is 3. The Balaban J connectivity index is 1.38. The highest BCUT2D eigenvalue weighted by atomic mass is 16.5. The van der Waals surface area contributed by atoms with E-state index in [1.165, 1.54) is 0 Å². The zero-order chi connectivity index (χ0) is 23.6. The number of carbonyl (C=O) groups excluding carboxylic acids is 2. The number of hydrogen-bond acceptors (Lipinski definition) is 4. The first-order valence-electron chi connectivity index (χ1n) is 11.4. The minimum Gasteiger partial charge on any atom is -0.481 e. The van der Waals surface area contributed by atoms with Gasteiger partial charge in [-0.15, -0.1) is 0 Å². The number of benzene rings is 2. The van der Waals surface area contributed by atoms with Crippen molar-refractivity contribution < 1.29 is 24.2 Å². The van der Waals surface area contributed by atoms with Crippen LogP contribution in [-0.4, -0.2) is 42.3 Å². The topological polar surface area (TPSA) is 105 Å². The smallest absolute Gasteiger partial charge is 0.407 e. The van der Waals surface area contributed by atoms with Crippen LogP contribution in [0.2, 0.25) is 0 Å². The number of ether oxygens (including phenoxy) is 1. The molecule has 0 spiro atoms. The van der Waals surface area contributed by atoms with Crippen LogP contribution < -0.4 is 10.6 Å². The molecule has 0 heterocycles. The van der Waals surface area contributed by atoms with Gasteiger partial charge in [-0.1, -0.05) is 62.4 Å². The third kappa shape index (κ3) is 5.02. The number of carboxylic acids is 1. The van der Waals surface area contributed by atoms with E-state index in [0.717, 1.165) is 28.7 Å². The van der Waals surface area contributed by atoms with Crippen molar-refractivity contribution in [3.8, 4) is 11.1 Å². The van der Waals surface area contributed by atoms with Crippen molar-refractivity contribution >= 4 is 18.0 Å². The molecule has 2 aromatic carbocycles. The zero-order valence-electron chi connectivity index (χ0n) is 19.0. The van der Waals surface area contributed by atoms with Gasteiger partial charge in [0.1, 0.15) is 12.6 Å². The lowest BCUT2D eigenvalue weighted by Gasteiger charge is -2.20. The van der Waals surface area contributed by atoms with E-state index >= 15 is 0 Å². The quantitative estimate of drug-likeness (QED) is 0.537. The van der Waals surface area contributed by atoms with Crippen LogP contribution in [0, 0.1) is 11.3 Å². The van der Waals surface area contributed by atoms with E-state index in [1.807, 2.05) is 36.4 Å². The Morgan fingerprint density at radius 1 is 1.09 bits per heavy atom. The molecule has 3 unspecified atom stereocenters. The summed E-state index contributed by atoms with van der Waals surface area (Å²) in [6.07, 6.45) is 0.0771. The molecule has 1 fully saturated rings. The highest BCUT2D eigenvalue weighted by molar-refractivity contribution is 5.86. The van der Waals surface area contributed by atoms with E-state index in [4.69, 9.17) is 9.84 Å². The molecule has 7 nitrogen and oxygen atoms in total. The molecule has 0 radical (unpaired) electrons. The summed E-state index contributed by atoms with van der Waals surface area (Å²) >= 11 is 0. The molecule has 7 heteroatoms. The molecular weight excluding hydrogens is 420 g/mol. The van der Waals surface area contributed by atoms with Crippen LogP contribution in [0.5, 0.6) is 0 Å². The average Bonchev–Trinajstić information content (AvgIpc) is 3.27. The number of hydrogen-bond donors (Lipinski definition) is 3. The van der Waals surface area contributed by atoms with Crippen LogP contribution in [0.25, 0.3) is 11.1 Å². The van der Waals surface area contributed by atoms with E-state index < -0.39 is 18.1 Å². The summed E-state index contributed by atoms with van der Waals surface area (Å²) in [5.74, 6) is -0.967. The number of alkyl carbamates (subject to hydrolysis) is 1. The van der Waals surface area contributed by atoms with Crippen molar-refractivity contribution in [2.24, 2.45) is 11.3 Å². The van der Waals surface area contributed by atoms with Gasteiger partial charge in [0, 0.05) is 18.9 Å². The van der Waals surface area contributed by atoms with Crippen LogP contribution in [-0.2, 0) is 14.3 Å². The van der Waals surface area contributed by atoms with Crippen LogP contribution in [0.3, 0.4) is 0 Å². The van der Waals surface area contributed by atoms with Crippen molar-refractivity contribution in [1.82, 2.24) is 10.6 Å². The van der Waals surface area contributed by atoms with Gasteiger partial charge in [0.15, 0.2) is 0 Å². The molecule has 174 valence electrons. The second-order valence-electron chi connectivity index (χ2n) is 9.43. The van der Waals surface area contributed by atoms with Crippen molar-refractivity contribution in [2.75, 3.05) is 13.2 Å². The first kappa shape index (κ1) is 22.8. The Kier molecular flexibility index (Phi) is 6.40. The Morgan fingerprint density at radius 2 is 1.67 bits per heavy atom. The Hall–Kier alpha value is -3.35. The van der Waals surface area contributed by atoms with Crippen molar-refractivity contribution in [2.45, 2.75) is 45.1 Å². The molecular formula is C26H30N2O5. The normalized spacial score (nSPS) is 21.5. The first-order valence-corrected chi connectivity index (χ1v) is 11.4. The fraction of sp³-hybridized carbons (Fsp3) is 0.423. The van der Waals surface area contributed by atoms with Crippen molar-refractivity contribution in [1.29, 1.82) is 0 Å². The lowest BCUT2D eigenvalue weighted by atomic mass is 9.98. The third-order valence-electron chi connectivity index (χ3n) is 7.07. The maximum absolute atomic E-state index is 12.7. The van der Waals surface area contributed by atoms with E-state index in [1.54, 1.807) is 0 Å².